The molecular weight excluding hydrogens is 631 g/mol. The van der Waals surface area contributed by atoms with Gasteiger partial charge in [0, 0.05) is 87.0 Å². The molecule has 1 amide bonds. The van der Waals surface area contributed by atoms with Gasteiger partial charge in [-0.3, -0.25) is 13.9 Å². The molecule has 40 heavy (non-hydrogen) atoms. The maximum absolute atomic E-state index is 12.9. The van der Waals surface area contributed by atoms with Crippen LogP contribution in [0.5, 0.6) is 5.75 Å². The van der Waals surface area contributed by atoms with Crippen molar-refractivity contribution < 1.29 is 48.1 Å². The summed E-state index contributed by atoms with van der Waals surface area (Å²) in [6.07, 6.45) is 0. The van der Waals surface area contributed by atoms with E-state index in [4.69, 9.17) is 13.8 Å². The Bertz CT molecular complexity index is 1650. The number of benzene rings is 2. The van der Waals surface area contributed by atoms with Gasteiger partial charge in [0.15, 0.2) is 15.9 Å². The molecule has 15 nitrogen and oxygen atoms in total. The van der Waals surface area contributed by atoms with Crippen LogP contribution in [0.4, 0.5) is 11.4 Å². The van der Waals surface area contributed by atoms with E-state index in [2.05, 4.69) is 19.5 Å². The number of carbonyl (C=O) groups is 1. The average molecular weight is 653 g/mol. The molecule has 0 aliphatic carbocycles. The molecule has 0 spiro atoms. The zero-order valence-electron chi connectivity index (χ0n) is 22.0. The van der Waals surface area contributed by atoms with Crippen LogP contribution in [0, 0.1) is 6.92 Å². The van der Waals surface area contributed by atoms with Gasteiger partial charge in [0.25, 0.3) is 16.0 Å². The first-order valence-corrected chi connectivity index (χ1v) is 14.9. The Balaban J connectivity index is 0.00000400. The van der Waals surface area contributed by atoms with Crippen molar-refractivity contribution >= 4 is 134 Å². The van der Waals surface area contributed by atoms with Gasteiger partial charge in [0.1, 0.15) is 11.4 Å². The van der Waals surface area contributed by atoms with Gasteiger partial charge in [0.05, 0.1) is 40.7 Å². The van der Waals surface area contributed by atoms with Gasteiger partial charge in [-0.25, -0.2) is 12.6 Å². The number of aryl methyl sites for hydroxylation is 1. The van der Waals surface area contributed by atoms with Gasteiger partial charge < -0.3 is 4.74 Å². The molecule has 20 heteroatoms. The number of rotatable bonds is 10. The average Bonchev–Trinajstić information content (AvgIpc) is 3.09. The van der Waals surface area contributed by atoms with Crippen molar-refractivity contribution in [2.45, 2.75) is 29.7 Å². The summed E-state index contributed by atoms with van der Waals surface area (Å²) in [4.78, 5) is 12.4. The Labute approximate surface area is 295 Å². The molecule has 2 radical (unpaired) electrons. The van der Waals surface area contributed by atoms with E-state index in [9.17, 15) is 30.0 Å². The summed E-state index contributed by atoms with van der Waals surface area (Å²) in [5.74, 6) is -1.35. The van der Waals surface area contributed by atoms with Crippen molar-refractivity contribution in [2.24, 2.45) is 15.3 Å². The normalized spacial score (nSPS) is 15.9. The van der Waals surface area contributed by atoms with Gasteiger partial charge in [-0.1, -0.05) is 0 Å². The summed E-state index contributed by atoms with van der Waals surface area (Å²) < 4.78 is 96.1. The van der Waals surface area contributed by atoms with Crippen LogP contribution in [0.2, 0.25) is 0 Å². The second-order valence-corrected chi connectivity index (χ2v) is 12.4. The Morgan fingerprint density at radius 1 is 1.02 bits per heavy atom. The maximum Gasteiger partial charge on any atom is 0.397 e. The van der Waals surface area contributed by atoms with Crippen molar-refractivity contribution in [2.75, 3.05) is 24.5 Å². The van der Waals surface area contributed by atoms with E-state index in [0.29, 0.717) is 0 Å². The maximum atomic E-state index is 12.9. The molecule has 3 rings (SSSR count). The minimum absolute atomic E-state index is 0. The third-order valence-corrected chi connectivity index (χ3v) is 8.30. The van der Waals surface area contributed by atoms with Crippen molar-refractivity contribution in [3.63, 3.8) is 0 Å². The van der Waals surface area contributed by atoms with Crippen LogP contribution in [0.1, 0.15) is 12.5 Å². The fraction of sp³-hybridized carbons (Fsp3) is 0.300. The molecule has 0 bridgehead atoms. The third-order valence-electron chi connectivity index (χ3n) is 5.15. The van der Waals surface area contributed by atoms with Crippen molar-refractivity contribution in [1.82, 2.24) is 0 Å². The van der Waals surface area contributed by atoms with Crippen LogP contribution in [0.15, 0.2) is 61.5 Å². The minimum Gasteiger partial charge on any atom is -0.494 e. The third kappa shape index (κ3) is 9.43. The number of carbonyl (C=O) groups excluding carboxylic acids is 1. The fourth-order valence-electron chi connectivity index (χ4n) is 3.34. The molecule has 1 aliphatic rings. The number of hydrazone groups is 1. The van der Waals surface area contributed by atoms with Gasteiger partial charge in [0.2, 0.25) is 0 Å². The second kappa shape index (κ2) is 14.7. The van der Waals surface area contributed by atoms with Crippen LogP contribution in [-0.2, 0) is 39.3 Å². The van der Waals surface area contributed by atoms with Crippen LogP contribution in [0.25, 0.3) is 0 Å². The summed E-state index contributed by atoms with van der Waals surface area (Å²) in [5, 5.41) is 13.2. The molecule has 1 heterocycles. The number of ether oxygens (including phenoxy) is 1. The molecule has 0 aromatic heterocycles. The first-order valence-electron chi connectivity index (χ1n) is 10.4. The smallest absolute Gasteiger partial charge is 0.397 e. The van der Waals surface area contributed by atoms with Gasteiger partial charge >= 0.3 is 10.4 Å². The molecule has 0 fully saturated rings. The Hall–Kier alpha value is -0.654. The number of anilines is 1. The summed E-state index contributed by atoms with van der Waals surface area (Å²) in [5.41, 5.74) is 0.803. The number of sulfone groups is 1. The summed E-state index contributed by atoms with van der Waals surface area (Å²) in [6, 6.07) is 6.14. The molecule has 208 valence electrons. The quantitative estimate of drug-likeness (QED) is 0.209. The van der Waals surface area contributed by atoms with Crippen LogP contribution in [0.3, 0.4) is 0 Å². The predicted octanol–water partition coefficient (Wildman–Crippen LogP) is 0.957. The first kappa shape index (κ1) is 37.4. The molecular formula is C20H22KN4NaO11S3. The second-order valence-electron chi connectivity index (χ2n) is 7.84. The number of azo groups is 1. The van der Waals surface area contributed by atoms with Crippen LogP contribution >= 0.6 is 0 Å². The van der Waals surface area contributed by atoms with E-state index >= 15 is 0 Å². The number of hydrogen-bond donors (Lipinski definition) is 2. The molecule has 1 unspecified atom stereocenters. The molecule has 2 aromatic rings. The molecule has 0 saturated heterocycles. The van der Waals surface area contributed by atoms with E-state index in [0.717, 1.165) is 23.2 Å². The largest absolute Gasteiger partial charge is 0.494 e. The number of nitrogens with zero attached hydrogens (tertiary/aromatic N) is 4. The summed E-state index contributed by atoms with van der Waals surface area (Å²) in [7, 11) is -12.0. The molecule has 1 atom stereocenters. The van der Waals surface area contributed by atoms with E-state index in [1.807, 2.05) is 0 Å². The van der Waals surface area contributed by atoms with Crippen LogP contribution in [-0.4, -0.2) is 152 Å². The van der Waals surface area contributed by atoms with Gasteiger partial charge in [-0.05, 0) is 49.7 Å². The fourth-order valence-corrected chi connectivity index (χ4v) is 5.58. The minimum atomic E-state index is -4.80. The van der Waals surface area contributed by atoms with Crippen molar-refractivity contribution in [3.05, 3.63) is 42.0 Å². The van der Waals surface area contributed by atoms with E-state index in [-0.39, 0.29) is 119 Å². The summed E-state index contributed by atoms with van der Waals surface area (Å²) >= 11 is 0. The Morgan fingerprint density at radius 3 is 2.15 bits per heavy atom. The SMILES string of the molecule is COc1cc(S(=O)(=O)CCOS(=O)(=O)O)c(C)cc1N=NC1C(=O)N(c2ccc(S(=O)(=O)O)cc2)N=C1C.[K].[Na]. The standard InChI is InChI=1S/C20H22N4O11S3.K.Na/c1-12-10-16(17(34-3)11-18(12)36(26,27)9-8-35-38(31,32)33)21-22-19-13(2)23-24(20(19)25)14-4-6-15(7-5-14)37(28,29)30;;/h4-7,10-11,19H,8-9H2,1-3H3,(H,28,29,30)(H,31,32,33);;. The van der Waals surface area contributed by atoms with E-state index in [1.54, 1.807) is 0 Å². The van der Waals surface area contributed by atoms with Crippen molar-refractivity contribution in [1.29, 1.82) is 0 Å². The van der Waals surface area contributed by atoms with E-state index in [1.165, 1.54) is 39.2 Å². The molecule has 2 aromatic carbocycles. The topological polar surface area (TPSA) is 219 Å². The predicted molar refractivity (Wildman–Crippen MR) is 144 cm³/mol. The van der Waals surface area contributed by atoms with Crippen LogP contribution < -0.4 is 9.75 Å². The first-order chi connectivity index (χ1) is 17.5. The Morgan fingerprint density at radius 2 is 1.62 bits per heavy atom. The summed E-state index contributed by atoms with van der Waals surface area (Å²) in [6.45, 7) is 2.18. The molecule has 0 saturated carbocycles. The zero-order valence-corrected chi connectivity index (χ0v) is 29.6. The van der Waals surface area contributed by atoms with Crippen molar-refractivity contribution in [3.8, 4) is 5.75 Å². The number of hydrogen-bond acceptors (Lipinski definition) is 12. The molecule has 1 aliphatic heterocycles. The van der Waals surface area contributed by atoms with Gasteiger partial charge in [-0.2, -0.15) is 37.2 Å². The van der Waals surface area contributed by atoms with Gasteiger partial charge in [-0.15, -0.1) is 0 Å². The number of methoxy groups -OCH3 is 1. The Kier molecular flexibility index (Phi) is 13.7. The number of amides is 1. The van der Waals surface area contributed by atoms with E-state index < -0.39 is 54.7 Å². The zero-order chi connectivity index (χ0) is 28.5. The monoisotopic (exact) mass is 652 g/mol. The molecule has 2 N–H and O–H groups in total.